The van der Waals surface area contributed by atoms with Gasteiger partial charge in [-0.3, -0.25) is 0 Å². The van der Waals surface area contributed by atoms with E-state index in [1.54, 1.807) is 13.8 Å². The fourth-order valence-electron chi connectivity index (χ4n) is 2.11. The van der Waals surface area contributed by atoms with Crippen molar-refractivity contribution >= 4 is 9.84 Å². The number of halogens is 2. The molecule has 0 saturated carbocycles. The molecule has 4 nitrogen and oxygen atoms in total. The highest BCUT2D eigenvalue weighted by Crippen LogP contribution is 2.30. The number of nitrogens with zero attached hydrogens (tertiary/aromatic N) is 1. The fraction of sp³-hybridized carbons (Fsp3) is 0.357. The van der Waals surface area contributed by atoms with Crippen molar-refractivity contribution in [2.24, 2.45) is 0 Å². The first-order valence-corrected chi connectivity index (χ1v) is 8.02. The van der Waals surface area contributed by atoms with E-state index >= 15 is 0 Å². The van der Waals surface area contributed by atoms with Crippen LogP contribution in [0.3, 0.4) is 0 Å². The van der Waals surface area contributed by atoms with Crippen LogP contribution in [0.1, 0.15) is 34.8 Å². The van der Waals surface area contributed by atoms with E-state index in [4.69, 9.17) is 4.52 Å². The molecule has 0 saturated heterocycles. The minimum absolute atomic E-state index is 0.372. The highest BCUT2D eigenvalue weighted by atomic mass is 32.2. The fourth-order valence-corrected chi connectivity index (χ4v) is 3.76. The molecule has 0 N–H and O–H groups in total. The third-order valence-electron chi connectivity index (χ3n) is 3.47. The van der Waals surface area contributed by atoms with E-state index in [0.717, 1.165) is 12.1 Å². The minimum atomic E-state index is -3.81. The van der Waals surface area contributed by atoms with Gasteiger partial charge in [0.1, 0.15) is 17.4 Å². The number of hydrogen-bond donors (Lipinski definition) is 0. The first kappa shape index (κ1) is 15.6. The van der Waals surface area contributed by atoms with Crippen molar-refractivity contribution in [1.29, 1.82) is 0 Å². The molecule has 7 heteroatoms. The highest BCUT2D eigenvalue weighted by Gasteiger charge is 2.30. The summed E-state index contributed by atoms with van der Waals surface area (Å²) in [5.41, 5.74) is 0.445. The Morgan fingerprint density at radius 2 is 1.81 bits per heavy atom. The molecule has 1 heterocycles. The molecule has 0 aliphatic rings. The predicted octanol–water partition coefficient (Wildman–Crippen LogP) is 3.25. The van der Waals surface area contributed by atoms with Gasteiger partial charge in [0.2, 0.25) is 0 Å². The van der Waals surface area contributed by atoms with Crippen molar-refractivity contribution in [2.45, 2.75) is 31.8 Å². The highest BCUT2D eigenvalue weighted by molar-refractivity contribution is 7.90. The molecule has 1 unspecified atom stereocenters. The van der Waals surface area contributed by atoms with Gasteiger partial charge in [0.15, 0.2) is 9.84 Å². The molecule has 0 radical (unpaired) electrons. The third-order valence-corrected chi connectivity index (χ3v) is 5.48. The maximum Gasteiger partial charge on any atom is 0.161 e. The van der Waals surface area contributed by atoms with Crippen molar-refractivity contribution in [1.82, 2.24) is 5.16 Å². The van der Waals surface area contributed by atoms with Crippen LogP contribution >= 0.6 is 0 Å². The molecule has 21 heavy (non-hydrogen) atoms. The van der Waals surface area contributed by atoms with Crippen LogP contribution in [-0.2, 0) is 15.6 Å². The lowest BCUT2D eigenvalue weighted by Gasteiger charge is -2.14. The Bertz CT molecular complexity index is 729. The number of sulfone groups is 1. The van der Waals surface area contributed by atoms with Crippen molar-refractivity contribution in [2.75, 3.05) is 0 Å². The van der Waals surface area contributed by atoms with Crippen LogP contribution in [0.15, 0.2) is 22.7 Å². The molecule has 0 bridgehead atoms. The second kappa shape index (κ2) is 5.55. The first-order chi connectivity index (χ1) is 9.74. The van der Waals surface area contributed by atoms with Gasteiger partial charge in [-0.05, 0) is 32.9 Å². The first-order valence-electron chi connectivity index (χ1n) is 6.31. The molecular formula is C14H15F2NO3S. The van der Waals surface area contributed by atoms with E-state index in [1.807, 2.05) is 0 Å². The Labute approximate surface area is 121 Å². The lowest BCUT2D eigenvalue weighted by atomic mass is 10.1. The van der Waals surface area contributed by atoms with Crippen molar-refractivity contribution in [3.8, 4) is 0 Å². The molecule has 1 aromatic carbocycles. The van der Waals surface area contributed by atoms with Crippen LogP contribution in [-0.4, -0.2) is 13.6 Å². The molecule has 0 fully saturated rings. The smallest absolute Gasteiger partial charge is 0.161 e. The lowest BCUT2D eigenvalue weighted by Crippen LogP contribution is -2.16. The van der Waals surface area contributed by atoms with Crippen LogP contribution in [0.4, 0.5) is 8.78 Å². The van der Waals surface area contributed by atoms with Gasteiger partial charge in [0.05, 0.1) is 16.7 Å². The van der Waals surface area contributed by atoms with Gasteiger partial charge >= 0.3 is 0 Å². The van der Waals surface area contributed by atoms with Gasteiger partial charge < -0.3 is 4.52 Å². The number of benzene rings is 1. The van der Waals surface area contributed by atoms with E-state index in [2.05, 4.69) is 5.16 Å². The summed E-state index contributed by atoms with van der Waals surface area (Å²) in [6.07, 6.45) is 0. The van der Waals surface area contributed by atoms with Crippen molar-refractivity contribution in [3.63, 3.8) is 0 Å². The number of rotatable bonds is 4. The predicted molar refractivity (Wildman–Crippen MR) is 73.4 cm³/mol. The molecular weight excluding hydrogens is 300 g/mol. The molecule has 1 atom stereocenters. The Balaban J connectivity index is 2.40. The van der Waals surface area contributed by atoms with Crippen LogP contribution in [0.5, 0.6) is 0 Å². The van der Waals surface area contributed by atoms with Gasteiger partial charge in [-0.25, -0.2) is 17.2 Å². The summed E-state index contributed by atoms with van der Waals surface area (Å²) < 4.78 is 57.2. The average molecular weight is 315 g/mol. The Morgan fingerprint density at radius 3 is 2.29 bits per heavy atom. The maximum absolute atomic E-state index is 13.7. The van der Waals surface area contributed by atoms with Gasteiger partial charge in [-0.1, -0.05) is 11.2 Å². The van der Waals surface area contributed by atoms with Crippen LogP contribution in [0, 0.1) is 25.5 Å². The van der Waals surface area contributed by atoms with Gasteiger partial charge in [0.25, 0.3) is 0 Å². The van der Waals surface area contributed by atoms with E-state index in [-0.39, 0.29) is 5.75 Å². The second-order valence-electron chi connectivity index (χ2n) is 4.89. The SMILES string of the molecule is Cc1noc(C)c1CS(=O)(=O)C(C)c1c(F)cccc1F. The summed E-state index contributed by atoms with van der Waals surface area (Å²) in [5, 5.41) is 2.38. The topological polar surface area (TPSA) is 60.2 Å². The standard InChI is InChI=1S/C14H15F2NO3S/c1-8-11(9(2)20-17-8)7-21(18,19)10(3)14-12(15)5-4-6-13(14)16/h4-6,10H,7H2,1-3H3. The van der Waals surface area contributed by atoms with Crippen molar-refractivity contribution in [3.05, 3.63) is 52.4 Å². The summed E-state index contributed by atoms with van der Waals surface area (Å²) in [6.45, 7) is 4.49. The maximum atomic E-state index is 13.7. The zero-order chi connectivity index (χ0) is 15.8. The van der Waals surface area contributed by atoms with Crippen LogP contribution < -0.4 is 0 Å². The molecule has 0 amide bonds. The lowest BCUT2D eigenvalue weighted by molar-refractivity contribution is 0.392. The van der Waals surface area contributed by atoms with E-state index in [1.165, 1.54) is 13.0 Å². The number of aryl methyl sites for hydroxylation is 2. The van der Waals surface area contributed by atoms with Gasteiger partial charge in [0, 0.05) is 11.1 Å². The molecule has 0 aliphatic heterocycles. The average Bonchev–Trinajstić information content (AvgIpc) is 2.70. The normalized spacial score (nSPS) is 13.4. The van der Waals surface area contributed by atoms with E-state index in [9.17, 15) is 17.2 Å². The summed E-state index contributed by atoms with van der Waals surface area (Å²) >= 11 is 0. The number of hydrogen-bond acceptors (Lipinski definition) is 4. The van der Waals surface area contributed by atoms with Crippen molar-refractivity contribution < 1.29 is 21.7 Å². The van der Waals surface area contributed by atoms with E-state index < -0.39 is 32.3 Å². The summed E-state index contributed by atoms with van der Waals surface area (Å²) in [5.74, 6) is -1.73. The van der Waals surface area contributed by atoms with E-state index in [0.29, 0.717) is 17.0 Å². The monoisotopic (exact) mass is 315 g/mol. The summed E-state index contributed by atoms with van der Waals surface area (Å²) in [6, 6.07) is 3.28. The molecule has 114 valence electrons. The zero-order valence-electron chi connectivity index (χ0n) is 11.9. The van der Waals surface area contributed by atoms with Gasteiger partial charge in [-0.2, -0.15) is 0 Å². The molecule has 0 spiro atoms. The van der Waals surface area contributed by atoms with Crippen LogP contribution in [0.25, 0.3) is 0 Å². The third kappa shape index (κ3) is 2.97. The quantitative estimate of drug-likeness (QED) is 0.869. The summed E-state index contributed by atoms with van der Waals surface area (Å²) in [7, 11) is -3.81. The molecule has 1 aromatic heterocycles. The second-order valence-corrected chi connectivity index (χ2v) is 7.21. The molecule has 2 rings (SSSR count). The number of aromatic nitrogens is 1. The van der Waals surface area contributed by atoms with Crippen LogP contribution in [0.2, 0.25) is 0 Å². The van der Waals surface area contributed by atoms with Gasteiger partial charge in [-0.15, -0.1) is 0 Å². The Morgan fingerprint density at radius 1 is 1.24 bits per heavy atom. The molecule has 2 aromatic rings. The Hall–Kier alpha value is -1.76. The molecule has 0 aliphatic carbocycles. The Kier molecular flexibility index (Phi) is 4.13. The summed E-state index contributed by atoms with van der Waals surface area (Å²) in [4.78, 5) is 0. The minimum Gasteiger partial charge on any atom is -0.361 e. The zero-order valence-corrected chi connectivity index (χ0v) is 12.7. The largest absolute Gasteiger partial charge is 0.361 e.